The second-order valence-electron chi connectivity index (χ2n) is 16.6. The van der Waals surface area contributed by atoms with E-state index in [1.54, 1.807) is 24.8 Å². The number of pyridine rings is 4. The van der Waals surface area contributed by atoms with E-state index in [1.807, 2.05) is 36.4 Å². The van der Waals surface area contributed by atoms with Crippen LogP contribution in [0.3, 0.4) is 0 Å². The number of carbonyl (C=O) groups excluding carboxylic acids is 2. The molecule has 6 aromatic rings. The van der Waals surface area contributed by atoms with E-state index in [2.05, 4.69) is 66.5 Å². The number of aromatic nitrogens is 8. The Bertz CT molecular complexity index is 2700. The Morgan fingerprint density at radius 2 is 1.09 bits per heavy atom. The number of anilines is 4. The first-order chi connectivity index (χ1) is 33.0. The fourth-order valence-electron chi connectivity index (χ4n) is 8.08. The molecule has 356 valence electrons. The molecular weight excluding hydrogens is 984 g/mol. The molecule has 0 aromatic carbocycles. The standard InChI is InChI=1S/C24H28ClN7O2.C21H21ClN6O3.O2Se/c25-23-22-17(7-8-26-23)3-6-20(32-22)30-18-4-1-15(2-5-18)10-27-24-28-11-16(12-29-24)9-21(33)31-19-13-34-14-19;22-19-17-13(7-8-23-19)3-6-16(28-17)27-15-4-1-12(2-5-15)9-24-21-25-10-14(11-26-21)18(29)20(30)31;1-3-2/h3,6-8,11-12,15,18-19H,1-2,4-5,9-10,13-14H2,(H,30,32)(H,31,33)(H,27,28,29);3,6-8,10-12,15H,1-2,4-5,9H2,(H,27,28)(H,30,31)(H,24,25,26);. The number of fused-ring (bicyclic) bond motifs is 2. The summed E-state index contributed by atoms with van der Waals surface area (Å²) in [6.07, 6.45) is 18.0. The molecule has 0 spiro atoms. The summed E-state index contributed by atoms with van der Waals surface area (Å²) in [4.78, 5) is 68.3. The van der Waals surface area contributed by atoms with Gasteiger partial charge in [-0.25, -0.2) is 44.7 Å². The Labute approximate surface area is 406 Å². The monoisotopic (exact) mass is 1030 g/mol. The number of amides is 1. The minimum atomic E-state index is -1.62. The van der Waals surface area contributed by atoms with Crippen molar-refractivity contribution in [1.29, 1.82) is 0 Å². The van der Waals surface area contributed by atoms with E-state index < -0.39 is 26.6 Å². The number of ketones is 1. The number of Topliss-reactive ketones (excluding diaryl/α,β-unsaturated/α-hetero) is 1. The van der Waals surface area contributed by atoms with E-state index in [1.165, 1.54) is 12.4 Å². The van der Waals surface area contributed by atoms with Gasteiger partial charge in [-0.05, 0) is 105 Å². The molecular formula is C45H49Cl2N13O7Se. The van der Waals surface area contributed by atoms with Crippen LogP contribution in [0.25, 0.3) is 21.8 Å². The Morgan fingerprint density at radius 3 is 1.51 bits per heavy atom. The fourth-order valence-corrected chi connectivity index (χ4v) is 8.50. The van der Waals surface area contributed by atoms with E-state index in [4.69, 9.17) is 40.7 Å². The van der Waals surface area contributed by atoms with Gasteiger partial charge in [0.2, 0.25) is 17.8 Å². The van der Waals surface area contributed by atoms with Crippen molar-refractivity contribution in [3.8, 4) is 0 Å². The molecule has 3 fully saturated rings. The zero-order valence-corrected chi connectivity index (χ0v) is 39.9. The third kappa shape index (κ3) is 14.4. The predicted octanol–water partition coefficient (Wildman–Crippen LogP) is 6.02. The maximum absolute atomic E-state index is 12.0. The second kappa shape index (κ2) is 24.7. The van der Waals surface area contributed by atoms with Gasteiger partial charge in [-0.3, -0.25) is 9.59 Å². The number of nitrogens with zero attached hydrogens (tertiary/aromatic N) is 8. The third-order valence-electron chi connectivity index (χ3n) is 11.8. The van der Waals surface area contributed by atoms with Crippen LogP contribution in [0.1, 0.15) is 67.3 Å². The van der Waals surface area contributed by atoms with Gasteiger partial charge >= 0.3 is 28.5 Å². The molecule has 2 saturated carbocycles. The van der Waals surface area contributed by atoms with Crippen molar-refractivity contribution in [2.24, 2.45) is 11.8 Å². The van der Waals surface area contributed by atoms with E-state index in [0.717, 1.165) is 91.4 Å². The van der Waals surface area contributed by atoms with E-state index in [0.29, 0.717) is 71.4 Å². The summed E-state index contributed by atoms with van der Waals surface area (Å²) >= 11 is 10.7. The number of halogens is 2. The topological polar surface area (TPSA) is 278 Å². The van der Waals surface area contributed by atoms with E-state index in [9.17, 15) is 14.4 Å². The summed E-state index contributed by atoms with van der Waals surface area (Å²) in [6, 6.07) is 12.6. The SMILES string of the molecule is O=C(Cc1cnc(NCC2CCC(Nc3ccc4ccnc(Cl)c4n3)CC2)nc1)NC1COC1.O=C(O)C(=O)c1cnc(NCC2CCC(Nc3ccc4ccnc(Cl)c4n3)CC2)nc1.O=[Se]=O. The summed E-state index contributed by atoms with van der Waals surface area (Å²) in [5.74, 6) is 1.10. The summed E-state index contributed by atoms with van der Waals surface area (Å²) in [7, 11) is 0. The number of nitrogens with one attached hydrogen (secondary N) is 5. The van der Waals surface area contributed by atoms with Crippen molar-refractivity contribution < 1.29 is 31.9 Å². The van der Waals surface area contributed by atoms with Gasteiger partial charge in [0, 0.05) is 73.1 Å². The van der Waals surface area contributed by atoms with Crippen molar-refractivity contribution in [2.45, 2.75) is 75.9 Å². The van der Waals surface area contributed by atoms with Crippen LogP contribution in [0, 0.1) is 11.8 Å². The fraction of sp³-hybridized carbons (Fsp3) is 0.400. The Kier molecular flexibility index (Phi) is 18.0. The molecule has 6 aromatic heterocycles. The summed E-state index contributed by atoms with van der Waals surface area (Å²) in [6.45, 7) is 2.74. The number of carboxylic acids is 1. The van der Waals surface area contributed by atoms with E-state index >= 15 is 0 Å². The predicted molar refractivity (Wildman–Crippen MR) is 254 cm³/mol. The number of carbonyl (C=O) groups is 3. The number of hydrogen-bond acceptors (Lipinski definition) is 18. The number of hydrogen-bond donors (Lipinski definition) is 6. The molecule has 0 atom stereocenters. The van der Waals surface area contributed by atoms with Crippen LogP contribution in [-0.2, 0) is 28.4 Å². The Balaban J connectivity index is 0.000000191. The Hall–Kier alpha value is -6.25. The molecule has 6 N–H and O–H groups in total. The molecule has 1 amide bonds. The van der Waals surface area contributed by atoms with Gasteiger partial charge in [-0.1, -0.05) is 23.2 Å². The quantitative estimate of drug-likeness (QED) is 0.0297. The van der Waals surface area contributed by atoms with Crippen molar-refractivity contribution >= 4 is 101 Å². The van der Waals surface area contributed by atoms with Crippen molar-refractivity contribution in [2.75, 3.05) is 47.6 Å². The molecule has 68 heavy (non-hydrogen) atoms. The zero-order valence-electron chi connectivity index (χ0n) is 36.6. The molecule has 20 nitrogen and oxygen atoms in total. The van der Waals surface area contributed by atoms with Gasteiger partial charge < -0.3 is 36.4 Å². The normalized spacial score (nSPS) is 18.9. The Morgan fingerprint density at radius 1 is 0.632 bits per heavy atom. The average Bonchev–Trinajstić information content (AvgIpc) is 3.34. The summed E-state index contributed by atoms with van der Waals surface area (Å²) in [5, 5.41) is 28.0. The van der Waals surface area contributed by atoms with Crippen molar-refractivity contribution in [3.63, 3.8) is 0 Å². The first-order valence-electron chi connectivity index (χ1n) is 22.1. The minimum absolute atomic E-state index is 0.0263. The molecule has 1 saturated heterocycles. The van der Waals surface area contributed by atoms with Crippen molar-refractivity contribution in [1.82, 2.24) is 45.2 Å². The number of ether oxygens (including phenoxy) is 1. The number of aliphatic carboxylic acids is 1. The second-order valence-corrected chi connectivity index (χ2v) is 17.6. The van der Waals surface area contributed by atoms with Crippen LogP contribution < -0.4 is 26.6 Å². The van der Waals surface area contributed by atoms with Crippen molar-refractivity contribution in [3.05, 3.63) is 95.0 Å². The van der Waals surface area contributed by atoms with Crippen LogP contribution in [0.4, 0.5) is 23.5 Å². The third-order valence-corrected chi connectivity index (χ3v) is 12.4. The summed E-state index contributed by atoms with van der Waals surface area (Å²) in [5.41, 5.74) is 2.19. The van der Waals surface area contributed by atoms with Gasteiger partial charge in [-0.15, -0.1) is 0 Å². The average molecular weight is 1030 g/mol. The van der Waals surface area contributed by atoms with Crippen LogP contribution in [0.15, 0.2) is 73.6 Å². The molecule has 23 heteroatoms. The van der Waals surface area contributed by atoms with Crippen LogP contribution in [0.5, 0.6) is 0 Å². The summed E-state index contributed by atoms with van der Waals surface area (Å²) < 4.78 is 21.9. The van der Waals surface area contributed by atoms with Gasteiger partial charge in [0.15, 0.2) is 10.3 Å². The molecule has 7 heterocycles. The van der Waals surface area contributed by atoms with Crippen LogP contribution in [-0.4, -0.2) is 122 Å². The van der Waals surface area contributed by atoms with Crippen LogP contribution in [0.2, 0.25) is 10.3 Å². The van der Waals surface area contributed by atoms with Crippen LogP contribution >= 0.6 is 23.2 Å². The number of rotatable bonds is 15. The first-order valence-corrected chi connectivity index (χ1v) is 24.2. The van der Waals surface area contributed by atoms with E-state index in [-0.39, 0.29) is 23.9 Å². The molecule has 1 aliphatic heterocycles. The maximum atomic E-state index is 12.0. The number of carboxylic acid groups (broad SMARTS) is 1. The van der Waals surface area contributed by atoms with Gasteiger partial charge in [0.25, 0.3) is 5.78 Å². The molecule has 0 unspecified atom stereocenters. The molecule has 3 aliphatic rings. The van der Waals surface area contributed by atoms with Gasteiger partial charge in [0.1, 0.15) is 22.7 Å². The molecule has 0 radical (unpaired) electrons. The molecule has 9 rings (SSSR count). The zero-order chi connectivity index (χ0) is 47.8. The van der Waals surface area contributed by atoms with Gasteiger partial charge in [-0.2, -0.15) is 0 Å². The molecule has 2 aliphatic carbocycles. The van der Waals surface area contributed by atoms with Gasteiger partial charge in [0.05, 0.1) is 31.2 Å². The first kappa shape index (κ1) is 49.6. The molecule has 0 bridgehead atoms.